The molecule has 1 atom stereocenters. The molecule has 0 aliphatic rings. The fourth-order valence-electron chi connectivity index (χ4n) is 3.41. The third-order valence-corrected chi connectivity index (χ3v) is 6.17. The van der Waals surface area contributed by atoms with Crippen molar-refractivity contribution in [3.8, 4) is 17.6 Å². The summed E-state index contributed by atoms with van der Waals surface area (Å²) >= 11 is 7.21. The van der Waals surface area contributed by atoms with Gasteiger partial charge >= 0.3 is 5.97 Å². The highest BCUT2D eigenvalue weighted by Crippen LogP contribution is 2.38. The predicted octanol–water partition coefficient (Wildman–Crippen LogP) is 4.93. The van der Waals surface area contributed by atoms with E-state index in [4.69, 9.17) is 11.6 Å². The number of aliphatic hydroxyl groups excluding tert-OH is 1. The van der Waals surface area contributed by atoms with E-state index in [0.29, 0.717) is 10.5 Å². The van der Waals surface area contributed by atoms with Crippen LogP contribution in [-0.4, -0.2) is 32.8 Å². The first-order valence-electron chi connectivity index (χ1n) is 10.0. The number of ether oxygens (including phenoxy) is 1. The zero-order valence-electron chi connectivity index (χ0n) is 18.3. The van der Waals surface area contributed by atoms with E-state index in [9.17, 15) is 25.1 Å². The van der Waals surface area contributed by atoms with Gasteiger partial charge in [-0.15, -0.1) is 10.2 Å². The summed E-state index contributed by atoms with van der Waals surface area (Å²) in [7, 11) is 1.23. The van der Waals surface area contributed by atoms with Crippen LogP contribution in [-0.2, 0) is 4.74 Å². The summed E-state index contributed by atoms with van der Waals surface area (Å²) in [5, 5.41) is 39.9. The van der Waals surface area contributed by atoms with Gasteiger partial charge in [0.15, 0.2) is 5.69 Å². The third kappa shape index (κ3) is 4.50. The van der Waals surface area contributed by atoms with E-state index in [-0.39, 0.29) is 27.6 Å². The highest BCUT2D eigenvalue weighted by molar-refractivity contribution is 7.21. The van der Waals surface area contributed by atoms with Crippen LogP contribution in [0.25, 0.3) is 15.9 Å². The van der Waals surface area contributed by atoms with Gasteiger partial charge in [0.05, 0.1) is 34.7 Å². The van der Waals surface area contributed by atoms with E-state index in [1.165, 1.54) is 49.6 Å². The Kier molecular flexibility index (Phi) is 6.61. The molecule has 0 radical (unpaired) electrons. The molecular formula is C23H16ClN5O5S. The Morgan fingerprint density at radius 2 is 1.97 bits per heavy atom. The lowest BCUT2D eigenvalue weighted by molar-refractivity contribution is 0.0600. The van der Waals surface area contributed by atoms with E-state index >= 15 is 0 Å². The van der Waals surface area contributed by atoms with E-state index in [1.54, 1.807) is 24.3 Å². The molecule has 10 nitrogen and oxygen atoms in total. The van der Waals surface area contributed by atoms with Crippen molar-refractivity contribution < 1.29 is 19.7 Å². The van der Waals surface area contributed by atoms with Crippen LogP contribution in [0.15, 0.2) is 57.5 Å². The monoisotopic (exact) mass is 509 g/mol. The number of fused-ring (bicyclic) bond motifs is 1. The van der Waals surface area contributed by atoms with Gasteiger partial charge < -0.3 is 14.9 Å². The molecule has 0 fully saturated rings. The Morgan fingerprint density at radius 1 is 1.26 bits per heavy atom. The minimum Gasteiger partial charge on any atom is -0.493 e. The second-order valence-corrected chi connectivity index (χ2v) is 8.68. The maximum atomic E-state index is 13.1. The largest absolute Gasteiger partial charge is 0.493 e. The number of thiazole rings is 1. The molecule has 4 aromatic rings. The summed E-state index contributed by atoms with van der Waals surface area (Å²) in [4.78, 5) is 29.1. The Hall–Kier alpha value is -4.11. The Labute approximate surface area is 207 Å². The number of hydrogen-bond acceptors (Lipinski definition) is 10. The molecule has 0 saturated heterocycles. The number of rotatable bonds is 5. The smallest absolute Gasteiger partial charge is 0.337 e. The van der Waals surface area contributed by atoms with Gasteiger partial charge in [-0.25, -0.2) is 14.3 Å². The Morgan fingerprint density at radius 3 is 2.60 bits per heavy atom. The van der Waals surface area contributed by atoms with Crippen molar-refractivity contribution in [3.63, 3.8) is 0 Å². The number of nitriles is 1. The summed E-state index contributed by atoms with van der Waals surface area (Å²) in [5.74, 6) is -1.23. The van der Waals surface area contributed by atoms with Gasteiger partial charge in [-0.3, -0.25) is 4.79 Å². The molecule has 2 aromatic heterocycles. The number of hydrogen-bond donors (Lipinski definition) is 2. The average molecular weight is 510 g/mol. The molecule has 0 aliphatic heterocycles. The number of carbonyl (C=O) groups excluding carboxylic acids is 1. The fraction of sp³-hybridized carbons (Fsp3) is 0.130. The van der Waals surface area contributed by atoms with E-state index in [1.807, 2.05) is 0 Å². The molecule has 35 heavy (non-hydrogen) atoms. The van der Waals surface area contributed by atoms with Crippen LogP contribution in [0.4, 0.5) is 10.8 Å². The molecule has 1 unspecified atom stereocenters. The molecule has 0 bridgehead atoms. The predicted molar refractivity (Wildman–Crippen MR) is 129 cm³/mol. The fourth-order valence-corrected chi connectivity index (χ4v) is 4.34. The third-order valence-electron chi connectivity index (χ3n) is 5.02. The zero-order valence-corrected chi connectivity index (χ0v) is 19.8. The number of carbonyl (C=O) groups is 1. The van der Waals surface area contributed by atoms with Gasteiger partial charge in [-0.1, -0.05) is 22.9 Å². The van der Waals surface area contributed by atoms with Crippen LogP contribution in [0, 0.1) is 11.3 Å². The Balaban J connectivity index is 1.90. The molecule has 0 aliphatic carbocycles. The van der Waals surface area contributed by atoms with Crippen LogP contribution in [0.3, 0.4) is 0 Å². The molecule has 2 heterocycles. The zero-order chi connectivity index (χ0) is 25.3. The van der Waals surface area contributed by atoms with Crippen molar-refractivity contribution in [2.75, 3.05) is 7.11 Å². The normalized spacial score (nSPS) is 12.1. The SMILES string of the molecule is COC(=O)c1ccc(-n2c(O)c(N=Nc3nc4cc(Cl)ccc4s3)c(C(C)O)c(C#N)c2=O)cc1. The van der Waals surface area contributed by atoms with Crippen molar-refractivity contribution in [3.05, 3.63) is 74.5 Å². The van der Waals surface area contributed by atoms with Gasteiger partial charge in [0.2, 0.25) is 11.0 Å². The highest BCUT2D eigenvalue weighted by atomic mass is 35.5. The van der Waals surface area contributed by atoms with E-state index < -0.39 is 29.1 Å². The maximum Gasteiger partial charge on any atom is 0.337 e. The number of benzene rings is 2. The van der Waals surface area contributed by atoms with Crippen molar-refractivity contribution in [2.45, 2.75) is 13.0 Å². The number of aromatic hydroxyl groups is 1. The summed E-state index contributed by atoms with van der Waals surface area (Å²) in [6.45, 7) is 1.34. The second kappa shape index (κ2) is 9.63. The summed E-state index contributed by atoms with van der Waals surface area (Å²) in [6.07, 6.45) is -1.32. The van der Waals surface area contributed by atoms with Gasteiger partial charge in [0.25, 0.3) is 5.56 Å². The molecule has 12 heteroatoms. The molecule has 0 saturated carbocycles. The number of halogens is 1. The lowest BCUT2D eigenvalue weighted by Gasteiger charge is -2.16. The lowest BCUT2D eigenvalue weighted by Crippen LogP contribution is -2.24. The number of esters is 1. The molecular weight excluding hydrogens is 494 g/mol. The van der Waals surface area contributed by atoms with Gasteiger partial charge in [-0.2, -0.15) is 5.26 Å². The summed E-state index contributed by atoms with van der Waals surface area (Å²) < 4.78 is 6.31. The molecule has 2 N–H and O–H groups in total. The molecule has 2 aromatic carbocycles. The van der Waals surface area contributed by atoms with Crippen molar-refractivity contribution in [2.24, 2.45) is 10.2 Å². The topological polar surface area (TPSA) is 150 Å². The maximum absolute atomic E-state index is 13.1. The summed E-state index contributed by atoms with van der Waals surface area (Å²) in [6, 6.07) is 12.5. The molecule has 176 valence electrons. The first-order valence-corrected chi connectivity index (χ1v) is 11.2. The first kappa shape index (κ1) is 24.0. The highest BCUT2D eigenvalue weighted by Gasteiger charge is 2.26. The van der Waals surface area contributed by atoms with E-state index in [2.05, 4.69) is 19.9 Å². The van der Waals surface area contributed by atoms with Crippen molar-refractivity contribution in [1.29, 1.82) is 5.26 Å². The molecule has 0 amide bonds. The van der Waals surface area contributed by atoms with Gasteiger partial charge in [-0.05, 0) is 49.4 Å². The number of aromatic nitrogens is 2. The standard InChI is InChI=1S/C23H16ClN5O5S/c1-11(30)18-15(10-25)20(31)29(14-6-3-12(4-7-14)22(33)34-2)21(32)19(18)27-28-23-26-16-9-13(24)5-8-17(16)35-23/h3-9,11,30,32H,1-2H3. The second-order valence-electron chi connectivity index (χ2n) is 7.24. The number of methoxy groups -OCH3 is 1. The van der Waals surface area contributed by atoms with Gasteiger partial charge in [0.1, 0.15) is 11.6 Å². The molecule has 4 rings (SSSR count). The number of azo groups is 1. The average Bonchev–Trinajstić information content (AvgIpc) is 3.24. The van der Waals surface area contributed by atoms with Crippen LogP contribution in [0.1, 0.15) is 34.5 Å². The number of pyridine rings is 1. The first-order chi connectivity index (χ1) is 16.7. The number of nitrogens with zero attached hydrogens (tertiary/aromatic N) is 5. The number of aliphatic hydroxyl groups is 1. The van der Waals surface area contributed by atoms with Crippen molar-refractivity contribution in [1.82, 2.24) is 9.55 Å². The van der Waals surface area contributed by atoms with Crippen LogP contribution in [0.2, 0.25) is 5.02 Å². The quantitative estimate of drug-likeness (QED) is 0.286. The molecule has 0 spiro atoms. The van der Waals surface area contributed by atoms with Crippen LogP contribution >= 0.6 is 22.9 Å². The Bertz CT molecular complexity index is 1590. The van der Waals surface area contributed by atoms with Crippen LogP contribution < -0.4 is 5.56 Å². The minimum absolute atomic E-state index is 0.153. The summed E-state index contributed by atoms with van der Waals surface area (Å²) in [5.41, 5.74) is -0.763. The van der Waals surface area contributed by atoms with E-state index in [0.717, 1.165) is 9.27 Å². The van der Waals surface area contributed by atoms with Crippen molar-refractivity contribution >= 4 is 49.9 Å². The van der Waals surface area contributed by atoms with Gasteiger partial charge in [0, 0.05) is 10.6 Å². The minimum atomic E-state index is -1.32. The van der Waals surface area contributed by atoms with Crippen LogP contribution in [0.5, 0.6) is 5.88 Å². The lowest BCUT2D eigenvalue weighted by atomic mass is 10.0.